The third kappa shape index (κ3) is 1.46. The topological polar surface area (TPSA) is 102 Å². The van der Waals surface area contributed by atoms with E-state index in [0.29, 0.717) is 5.82 Å². The van der Waals surface area contributed by atoms with Crippen molar-refractivity contribution in [2.24, 2.45) is 0 Å². The Hall–Kier alpha value is -2.21. The van der Waals surface area contributed by atoms with Crippen LogP contribution in [-0.2, 0) is 0 Å². The number of nitrogens with zero attached hydrogens (tertiary/aromatic N) is 3. The van der Waals surface area contributed by atoms with E-state index in [4.69, 9.17) is 0 Å². The zero-order valence-corrected chi connectivity index (χ0v) is 7.73. The number of aromatic nitrogens is 5. The first-order valence-electron chi connectivity index (χ1n) is 4.24. The van der Waals surface area contributed by atoms with Gasteiger partial charge in [0.2, 0.25) is 5.82 Å². The SMILES string of the molecule is O.c1cc2cc(-c3nn[nH]n3)ccc2[nH]1. The molecule has 0 bridgehead atoms. The quantitative estimate of drug-likeness (QED) is 0.602. The van der Waals surface area contributed by atoms with Crippen LogP contribution in [0.1, 0.15) is 0 Å². The summed E-state index contributed by atoms with van der Waals surface area (Å²) in [5.41, 5.74) is 2.07. The van der Waals surface area contributed by atoms with Crippen LogP contribution >= 0.6 is 0 Å². The Labute approximate surface area is 84.6 Å². The normalized spacial score (nSPS) is 10.1. The molecule has 0 aliphatic carbocycles. The summed E-state index contributed by atoms with van der Waals surface area (Å²) in [6, 6.07) is 8.00. The lowest BCUT2D eigenvalue weighted by Gasteiger charge is -1.94. The number of benzene rings is 1. The Morgan fingerprint density at radius 1 is 1.13 bits per heavy atom. The summed E-state index contributed by atoms with van der Waals surface area (Å²) >= 11 is 0. The lowest BCUT2D eigenvalue weighted by molar-refractivity contribution is 0.824. The van der Waals surface area contributed by atoms with Gasteiger partial charge in [-0.25, -0.2) is 0 Å². The van der Waals surface area contributed by atoms with Crippen molar-refractivity contribution in [2.75, 3.05) is 0 Å². The summed E-state index contributed by atoms with van der Waals surface area (Å²) in [6.45, 7) is 0. The molecule has 4 N–H and O–H groups in total. The van der Waals surface area contributed by atoms with Crippen molar-refractivity contribution in [3.8, 4) is 11.4 Å². The van der Waals surface area contributed by atoms with Crippen molar-refractivity contribution in [1.29, 1.82) is 0 Å². The average Bonchev–Trinajstić information content (AvgIpc) is 2.88. The van der Waals surface area contributed by atoms with E-state index in [1.54, 1.807) is 0 Å². The Morgan fingerprint density at radius 3 is 2.87 bits per heavy atom. The summed E-state index contributed by atoms with van der Waals surface area (Å²) in [5.74, 6) is 0.619. The molecule has 2 aromatic heterocycles. The highest BCUT2D eigenvalue weighted by molar-refractivity contribution is 5.83. The standard InChI is InChI=1S/C9H7N5.H2O/c1-2-8-6(3-4-10-8)5-7(1)9-11-13-14-12-9;/h1-5,10H,(H,11,12,13,14);1H2. The van der Waals surface area contributed by atoms with Crippen molar-refractivity contribution in [3.05, 3.63) is 30.5 Å². The van der Waals surface area contributed by atoms with E-state index in [1.165, 1.54) is 0 Å². The number of H-pyrrole nitrogens is 2. The van der Waals surface area contributed by atoms with Crippen molar-refractivity contribution in [3.63, 3.8) is 0 Å². The van der Waals surface area contributed by atoms with Crippen LogP contribution in [0.5, 0.6) is 0 Å². The minimum atomic E-state index is 0. The zero-order valence-electron chi connectivity index (χ0n) is 7.73. The molecule has 0 spiro atoms. The smallest absolute Gasteiger partial charge is 0.204 e. The van der Waals surface area contributed by atoms with Crippen LogP contribution in [0.25, 0.3) is 22.3 Å². The molecule has 6 heteroatoms. The highest BCUT2D eigenvalue weighted by Crippen LogP contribution is 2.19. The minimum Gasteiger partial charge on any atom is -0.412 e. The number of tetrazole rings is 1. The molecule has 0 saturated heterocycles. The second-order valence-corrected chi connectivity index (χ2v) is 3.02. The molecule has 6 nitrogen and oxygen atoms in total. The maximum absolute atomic E-state index is 3.92. The van der Waals surface area contributed by atoms with Crippen LogP contribution in [0.15, 0.2) is 30.5 Å². The number of hydrogen-bond donors (Lipinski definition) is 2. The maximum atomic E-state index is 3.92. The fourth-order valence-electron chi connectivity index (χ4n) is 1.48. The van der Waals surface area contributed by atoms with Gasteiger partial charge in [0.25, 0.3) is 0 Å². The van der Waals surface area contributed by atoms with Crippen molar-refractivity contribution < 1.29 is 5.48 Å². The van der Waals surface area contributed by atoms with E-state index in [1.807, 2.05) is 30.5 Å². The van der Waals surface area contributed by atoms with Crippen LogP contribution < -0.4 is 0 Å². The van der Waals surface area contributed by atoms with Gasteiger partial charge in [0.15, 0.2) is 0 Å². The fourth-order valence-corrected chi connectivity index (χ4v) is 1.48. The van der Waals surface area contributed by atoms with Crippen molar-refractivity contribution >= 4 is 10.9 Å². The molecule has 0 aliphatic heterocycles. The average molecular weight is 203 g/mol. The van der Waals surface area contributed by atoms with Gasteiger partial charge >= 0.3 is 0 Å². The van der Waals surface area contributed by atoms with Crippen LogP contribution in [-0.4, -0.2) is 31.1 Å². The fraction of sp³-hybridized carbons (Fsp3) is 0. The van der Waals surface area contributed by atoms with Crippen LogP contribution in [0.4, 0.5) is 0 Å². The summed E-state index contributed by atoms with van der Waals surface area (Å²) in [4.78, 5) is 3.13. The maximum Gasteiger partial charge on any atom is 0.204 e. The minimum absolute atomic E-state index is 0. The number of fused-ring (bicyclic) bond motifs is 1. The Morgan fingerprint density at radius 2 is 2.07 bits per heavy atom. The van der Waals surface area contributed by atoms with E-state index in [2.05, 4.69) is 25.6 Å². The molecule has 0 fully saturated rings. The summed E-state index contributed by atoms with van der Waals surface area (Å²) < 4.78 is 0. The molecule has 0 aliphatic rings. The third-order valence-corrected chi connectivity index (χ3v) is 2.16. The first kappa shape index (κ1) is 9.35. The van der Waals surface area contributed by atoms with Crippen LogP contribution in [0.3, 0.4) is 0 Å². The van der Waals surface area contributed by atoms with Gasteiger partial charge in [0.05, 0.1) is 0 Å². The molecular weight excluding hydrogens is 194 g/mol. The van der Waals surface area contributed by atoms with E-state index in [9.17, 15) is 0 Å². The van der Waals surface area contributed by atoms with Gasteiger partial charge < -0.3 is 10.5 Å². The number of nitrogens with one attached hydrogen (secondary N) is 2. The molecule has 0 saturated carbocycles. The van der Waals surface area contributed by atoms with Gasteiger partial charge in [0.1, 0.15) is 0 Å². The Balaban J connectivity index is 0.000000853. The second-order valence-electron chi connectivity index (χ2n) is 3.02. The molecule has 3 aromatic rings. The molecule has 3 rings (SSSR count). The van der Waals surface area contributed by atoms with Crippen molar-refractivity contribution in [2.45, 2.75) is 0 Å². The van der Waals surface area contributed by atoms with Gasteiger partial charge in [-0.15, -0.1) is 10.2 Å². The van der Waals surface area contributed by atoms with E-state index < -0.39 is 0 Å². The van der Waals surface area contributed by atoms with Crippen LogP contribution in [0, 0.1) is 0 Å². The van der Waals surface area contributed by atoms with E-state index in [0.717, 1.165) is 16.5 Å². The molecule has 2 heterocycles. The lowest BCUT2D eigenvalue weighted by atomic mass is 10.1. The monoisotopic (exact) mass is 203 g/mol. The highest BCUT2D eigenvalue weighted by atomic mass is 16.0. The first-order chi connectivity index (χ1) is 6.93. The molecule has 15 heavy (non-hydrogen) atoms. The molecule has 0 radical (unpaired) electrons. The second kappa shape index (κ2) is 3.50. The number of aromatic amines is 2. The Kier molecular flexibility index (Phi) is 2.18. The zero-order chi connectivity index (χ0) is 9.38. The van der Waals surface area contributed by atoms with Gasteiger partial charge in [-0.2, -0.15) is 5.21 Å². The van der Waals surface area contributed by atoms with Gasteiger partial charge in [-0.3, -0.25) is 0 Å². The van der Waals surface area contributed by atoms with Gasteiger partial charge in [-0.1, -0.05) is 0 Å². The number of hydrogen-bond acceptors (Lipinski definition) is 3. The summed E-state index contributed by atoms with van der Waals surface area (Å²) in [6.07, 6.45) is 1.91. The summed E-state index contributed by atoms with van der Waals surface area (Å²) in [7, 11) is 0. The van der Waals surface area contributed by atoms with E-state index >= 15 is 0 Å². The number of rotatable bonds is 1. The van der Waals surface area contributed by atoms with E-state index in [-0.39, 0.29) is 5.48 Å². The van der Waals surface area contributed by atoms with Gasteiger partial charge in [0, 0.05) is 22.7 Å². The van der Waals surface area contributed by atoms with Crippen molar-refractivity contribution in [1.82, 2.24) is 25.6 Å². The lowest BCUT2D eigenvalue weighted by Crippen LogP contribution is -1.80. The largest absolute Gasteiger partial charge is 0.412 e. The molecule has 0 unspecified atom stereocenters. The molecule has 1 aromatic carbocycles. The molecule has 0 amide bonds. The molecule has 76 valence electrons. The Bertz CT molecular complexity index is 557. The highest BCUT2D eigenvalue weighted by Gasteiger charge is 2.03. The predicted octanol–water partition coefficient (Wildman–Crippen LogP) is 0.523. The van der Waals surface area contributed by atoms with Gasteiger partial charge in [-0.05, 0) is 29.5 Å². The molecular formula is C9H9N5O. The van der Waals surface area contributed by atoms with Crippen LogP contribution in [0.2, 0.25) is 0 Å². The summed E-state index contributed by atoms with van der Waals surface area (Å²) in [5, 5.41) is 14.9. The third-order valence-electron chi connectivity index (χ3n) is 2.16. The predicted molar refractivity (Wildman–Crippen MR) is 55.1 cm³/mol. The molecule has 0 atom stereocenters. The first-order valence-corrected chi connectivity index (χ1v) is 4.24.